The number of aryl methyl sites for hydroxylation is 4. The molecule has 0 saturated carbocycles. The molecule has 13 aromatic rings. The van der Waals surface area contributed by atoms with Crippen molar-refractivity contribution in [3.63, 3.8) is 0 Å². The van der Waals surface area contributed by atoms with Crippen LogP contribution in [0.4, 0.5) is 13.2 Å². The van der Waals surface area contributed by atoms with Crippen molar-refractivity contribution in [3.8, 4) is 90.3 Å². The minimum atomic E-state index is -4.76. The number of nitrogens with zero attached hydrogens (tertiary/aromatic N) is 4. The zero-order chi connectivity index (χ0) is 55.0. The van der Waals surface area contributed by atoms with E-state index in [1.807, 2.05) is 72.8 Å². The van der Waals surface area contributed by atoms with Gasteiger partial charge in [0, 0.05) is 32.7 Å². The first-order valence-corrected chi connectivity index (χ1v) is 26.6. The number of fused-ring (bicyclic) bond motifs is 6. The summed E-state index contributed by atoms with van der Waals surface area (Å²) in [6.45, 7) is 8.45. The first-order chi connectivity index (χ1) is 38.9. The van der Waals surface area contributed by atoms with Gasteiger partial charge in [-0.05, 0) is 184 Å². The number of alkyl halides is 3. The molecular weight excluding hydrogens is 990 g/mol. The van der Waals surface area contributed by atoms with E-state index in [2.05, 4.69) is 176 Å². The number of hydrogen-bond acceptors (Lipinski definition) is 2. The van der Waals surface area contributed by atoms with Gasteiger partial charge in [-0.2, -0.15) is 23.7 Å². The zero-order valence-electron chi connectivity index (χ0n) is 44.3. The van der Waals surface area contributed by atoms with Crippen molar-refractivity contribution in [2.75, 3.05) is 0 Å². The Bertz CT molecular complexity index is 4580. The van der Waals surface area contributed by atoms with E-state index >= 15 is 13.2 Å². The second kappa shape index (κ2) is 19.4. The highest BCUT2D eigenvalue weighted by molar-refractivity contribution is 6.14. The quantitative estimate of drug-likeness (QED) is 0.152. The minimum Gasteiger partial charge on any atom is -0.309 e. The highest BCUT2D eigenvalue weighted by Gasteiger charge is 2.35. The molecular formula is C73H49F3N4. The molecule has 2 aromatic heterocycles. The van der Waals surface area contributed by atoms with Crippen LogP contribution in [0.1, 0.15) is 38.9 Å². The van der Waals surface area contributed by atoms with Crippen LogP contribution in [0, 0.1) is 50.4 Å². The number of hydrogen-bond donors (Lipinski definition) is 0. The maximum absolute atomic E-state index is 15.3. The van der Waals surface area contributed by atoms with E-state index in [4.69, 9.17) is 0 Å². The Balaban J connectivity index is 1.14. The van der Waals surface area contributed by atoms with Crippen molar-refractivity contribution < 1.29 is 13.2 Å². The van der Waals surface area contributed by atoms with Crippen LogP contribution < -0.4 is 0 Å². The molecule has 382 valence electrons. The molecule has 0 N–H and O–H groups in total. The van der Waals surface area contributed by atoms with Crippen molar-refractivity contribution in [3.05, 3.63) is 263 Å². The van der Waals surface area contributed by atoms with Crippen LogP contribution in [-0.2, 0) is 6.18 Å². The van der Waals surface area contributed by atoms with Crippen LogP contribution in [0.25, 0.3) is 122 Å². The second-order valence-corrected chi connectivity index (χ2v) is 20.8. The molecule has 4 nitrogen and oxygen atoms in total. The summed E-state index contributed by atoms with van der Waals surface area (Å²) in [6.07, 6.45) is -4.76. The lowest BCUT2D eigenvalue weighted by molar-refractivity contribution is -0.137. The van der Waals surface area contributed by atoms with Gasteiger partial charge in [-0.25, -0.2) is 0 Å². The molecule has 0 aliphatic carbocycles. The summed E-state index contributed by atoms with van der Waals surface area (Å²) in [7, 11) is 0. The van der Waals surface area contributed by atoms with Crippen molar-refractivity contribution in [1.82, 2.24) is 9.13 Å². The summed E-state index contributed by atoms with van der Waals surface area (Å²) >= 11 is 0. The van der Waals surface area contributed by atoms with Gasteiger partial charge in [-0.3, -0.25) is 0 Å². The molecule has 7 heteroatoms. The summed E-state index contributed by atoms with van der Waals surface area (Å²) in [6, 6.07) is 78.8. The van der Waals surface area contributed by atoms with Gasteiger partial charge in [-0.15, -0.1) is 0 Å². The van der Waals surface area contributed by atoms with Crippen molar-refractivity contribution in [2.45, 2.75) is 33.9 Å². The maximum atomic E-state index is 15.3. The largest absolute Gasteiger partial charge is 0.417 e. The molecule has 0 aliphatic heterocycles. The number of nitriles is 2. The monoisotopic (exact) mass is 1040 g/mol. The van der Waals surface area contributed by atoms with E-state index in [0.717, 1.165) is 133 Å². The Morgan fingerprint density at radius 2 is 0.613 bits per heavy atom. The van der Waals surface area contributed by atoms with Gasteiger partial charge in [0.15, 0.2) is 0 Å². The maximum Gasteiger partial charge on any atom is 0.417 e. The third-order valence-electron chi connectivity index (χ3n) is 16.0. The van der Waals surface area contributed by atoms with E-state index in [9.17, 15) is 10.5 Å². The van der Waals surface area contributed by atoms with Gasteiger partial charge >= 0.3 is 6.18 Å². The van der Waals surface area contributed by atoms with E-state index in [1.54, 1.807) is 6.07 Å². The number of aromatic nitrogens is 2. The normalized spacial score (nSPS) is 11.7. The van der Waals surface area contributed by atoms with Gasteiger partial charge in [0.05, 0.1) is 62.3 Å². The van der Waals surface area contributed by atoms with Crippen LogP contribution in [0.3, 0.4) is 0 Å². The van der Waals surface area contributed by atoms with Gasteiger partial charge < -0.3 is 9.13 Å². The van der Waals surface area contributed by atoms with Crippen molar-refractivity contribution >= 4 is 43.6 Å². The summed E-state index contributed by atoms with van der Waals surface area (Å²) in [4.78, 5) is 0. The molecule has 2 heterocycles. The molecule has 0 fully saturated rings. The average molecular weight is 1040 g/mol. The summed E-state index contributed by atoms with van der Waals surface area (Å²) in [5, 5.41) is 24.5. The SMILES string of the molecule is Cc1ccccc1-c1ccc2c(c1)c1cc(-c3ccccc3C)ccc1n2-c1cc(C#N)ccc1-c1ccc(-c2ccc(C#N)cc2C(F)(F)F)cc1-n1c2ccc(-c3ccccc3C)cc2c2cc(-c3ccccc3C)ccc21. The molecule has 80 heavy (non-hydrogen) atoms. The molecule has 0 spiro atoms. The first kappa shape index (κ1) is 49.4. The van der Waals surface area contributed by atoms with E-state index in [-0.39, 0.29) is 11.1 Å². The summed E-state index contributed by atoms with van der Waals surface area (Å²) < 4.78 is 50.2. The highest BCUT2D eigenvalue weighted by Crippen LogP contribution is 2.47. The van der Waals surface area contributed by atoms with Gasteiger partial charge in [0.2, 0.25) is 0 Å². The van der Waals surface area contributed by atoms with Crippen LogP contribution in [-0.4, -0.2) is 9.13 Å². The predicted molar refractivity (Wildman–Crippen MR) is 321 cm³/mol. The molecule has 0 saturated heterocycles. The van der Waals surface area contributed by atoms with E-state index in [0.29, 0.717) is 16.8 Å². The summed E-state index contributed by atoms with van der Waals surface area (Å²) in [5.41, 5.74) is 19.4. The zero-order valence-corrected chi connectivity index (χ0v) is 44.3. The third kappa shape index (κ3) is 8.31. The molecule has 0 aliphatic rings. The second-order valence-electron chi connectivity index (χ2n) is 20.8. The lowest BCUT2D eigenvalue weighted by Gasteiger charge is -2.21. The van der Waals surface area contributed by atoms with Crippen LogP contribution >= 0.6 is 0 Å². The molecule has 0 amide bonds. The predicted octanol–water partition coefficient (Wildman–Crippen LogP) is 19.9. The van der Waals surface area contributed by atoms with Crippen molar-refractivity contribution in [2.24, 2.45) is 0 Å². The Morgan fingerprint density at radius 3 is 0.963 bits per heavy atom. The van der Waals surface area contributed by atoms with Crippen LogP contribution in [0.2, 0.25) is 0 Å². The Hall–Kier alpha value is -10.2. The lowest BCUT2D eigenvalue weighted by Crippen LogP contribution is -2.08. The molecule has 0 bridgehead atoms. The van der Waals surface area contributed by atoms with Gasteiger partial charge in [0.1, 0.15) is 0 Å². The fourth-order valence-corrected chi connectivity index (χ4v) is 12.0. The Morgan fingerprint density at radius 1 is 0.312 bits per heavy atom. The Labute approximate surface area is 461 Å². The van der Waals surface area contributed by atoms with Crippen LogP contribution in [0.15, 0.2) is 224 Å². The standard InChI is InChI=1S/C73H49F3N4/c1-44-13-5-9-17-55(44)50-24-31-67-62(37-50)63-38-51(56-18-10-6-14-45(56)2)25-32-68(63)79(67)71-36-49(43-78)22-29-60(71)61-30-23-54(59-28-21-48(42-77)35-66(59)73(74,75)76)41-72(61)80-69-33-26-52(57-19-11-7-15-46(57)3)39-64(69)65-40-53(27-34-70(65)80)58-20-12-8-16-47(58)4/h5-41H,1-4H3. The topological polar surface area (TPSA) is 57.4 Å². The third-order valence-corrected chi connectivity index (χ3v) is 16.0. The fourth-order valence-electron chi connectivity index (χ4n) is 12.0. The number of rotatable bonds is 8. The van der Waals surface area contributed by atoms with Crippen molar-refractivity contribution in [1.29, 1.82) is 10.5 Å². The molecule has 0 radical (unpaired) electrons. The van der Waals surface area contributed by atoms with E-state index in [1.165, 1.54) is 12.1 Å². The molecule has 11 aromatic carbocycles. The molecule has 13 rings (SSSR count). The van der Waals surface area contributed by atoms with Gasteiger partial charge in [-0.1, -0.05) is 146 Å². The van der Waals surface area contributed by atoms with E-state index < -0.39 is 11.7 Å². The smallest absolute Gasteiger partial charge is 0.309 e. The molecule has 0 atom stereocenters. The number of halogens is 3. The first-order valence-electron chi connectivity index (χ1n) is 26.6. The summed E-state index contributed by atoms with van der Waals surface area (Å²) in [5.74, 6) is 0. The lowest BCUT2D eigenvalue weighted by atomic mass is 9.93. The minimum absolute atomic E-state index is 0.0508. The fraction of sp³-hybridized carbons (Fsp3) is 0.0685. The highest BCUT2D eigenvalue weighted by atomic mass is 19.4. The number of benzene rings is 11. The molecule has 0 unspecified atom stereocenters. The Kier molecular flexibility index (Phi) is 11.9. The van der Waals surface area contributed by atoms with Gasteiger partial charge in [0.25, 0.3) is 0 Å². The van der Waals surface area contributed by atoms with Crippen LogP contribution in [0.5, 0.6) is 0 Å². The average Bonchev–Trinajstić information content (AvgIpc) is 3.88.